The number of hydrogen-bond donors (Lipinski definition) is 3. The molecule has 1 aliphatic rings. The molecule has 1 fully saturated rings. The smallest absolute Gasteiger partial charge is 0.223 e. The van der Waals surface area contributed by atoms with E-state index in [1.165, 1.54) is 0 Å². The zero-order valence-corrected chi connectivity index (χ0v) is 15.6. The van der Waals surface area contributed by atoms with Crippen molar-refractivity contribution in [2.24, 2.45) is 0 Å². The molecule has 0 spiro atoms. The van der Waals surface area contributed by atoms with E-state index in [0.717, 1.165) is 48.5 Å². The first-order valence-corrected chi connectivity index (χ1v) is 9.47. The Morgan fingerprint density at radius 3 is 2.70 bits per heavy atom. The summed E-state index contributed by atoms with van der Waals surface area (Å²) in [6, 6.07) is 2.46. The summed E-state index contributed by atoms with van der Waals surface area (Å²) in [4.78, 5) is 18.0. The highest BCUT2D eigenvalue weighted by atomic mass is 16.3. The minimum absolute atomic E-state index is 0.171. The van der Waals surface area contributed by atoms with Crippen LogP contribution in [0.3, 0.4) is 0 Å². The van der Waals surface area contributed by atoms with Crippen LogP contribution in [0.1, 0.15) is 39.5 Å². The lowest BCUT2D eigenvalue weighted by molar-refractivity contribution is 0.126. The second kappa shape index (κ2) is 7.48. The zero-order chi connectivity index (χ0) is 18.8. The van der Waals surface area contributed by atoms with Gasteiger partial charge in [0.1, 0.15) is 0 Å². The topological polar surface area (TPSA) is 100 Å². The Bertz CT molecular complexity index is 915. The van der Waals surface area contributed by atoms with Gasteiger partial charge >= 0.3 is 0 Å². The van der Waals surface area contributed by atoms with Gasteiger partial charge < -0.3 is 15.7 Å². The molecule has 4 rings (SSSR count). The molecule has 3 N–H and O–H groups in total. The molecule has 0 amide bonds. The molecule has 142 valence electrons. The van der Waals surface area contributed by atoms with Crippen molar-refractivity contribution in [1.29, 1.82) is 0 Å². The maximum absolute atomic E-state index is 9.66. The fourth-order valence-corrected chi connectivity index (χ4v) is 3.46. The number of nitrogens with one attached hydrogen (secondary N) is 2. The second-order valence-electron chi connectivity index (χ2n) is 7.33. The molecule has 0 radical (unpaired) electrons. The third kappa shape index (κ3) is 3.85. The molecule has 8 nitrogen and oxygen atoms in total. The highest BCUT2D eigenvalue weighted by Gasteiger charge is 2.20. The Hall–Kier alpha value is -2.74. The van der Waals surface area contributed by atoms with Gasteiger partial charge in [-0.2, -0.15) is 0 Å². The summed E-state index contributed by atoms with van der Waals surface area (Å²) in [5.41, 5.74) is 2.47. The molecule has 8 heteroatoms. The van der Waals surface area contributed by atoms with Gasteiger partial charge in [-0.15, -0.1) is 0 Å². The van der Waals surface area contributed by atoms with Crippen LogP contribution in [0.25, 0.3) is 17.0 Å². The van der Waals surface area contributed by atoms with Crippen molar-refractivity contribution in [3.8, 4) is 11.4 Å². The van der Waals surface area contributed by atoms with Crippen LogP contribution in [0.2, 0.25) is 0 Å². The number of aliphatic hydroxyl groups is 1. The quantitative estimate of drug-likeness (QED) is 0.637. The monoisotopic (exact) mass is 367 g/mol. The molecule has 1 aliphatic carbocycles. The van der Waals surface area contributed by atoms with E-state index in [4.69, 9.17) is 0 Å². The minimum atomic E-state index is -0.171. The van der Waals surface area contributed by atoms with Crippen molar-refractivity contribution >= 4 is 17.4 Å². The summed E-state index contributed by atoms with van der Waals surface area (Å²) in [6.45, 7) is 4.14. The minimum Gasteiger partial charge on any atom is -0.393 e. The van der Waals surface area contributed by atoms with Gasteiger partial charge in [0, 0.05) is 30.7 Å². The molecule has 0 aliphatic heterocycles. The average Bonchev–Trinajstić information content (AvgIpc) is 3.09. The summed E-state index contributed by atoms with van der Waals surface area (Å²) in [6.07, 6.45) is 10.6. The van der Waals surface area contributed by atoms with Gasteiger partial charge in [-0.1, -0.05) is 0 Å². The maximum atomic E-state index is 9.66. The van der Waals surface area contributed by atoms with Gasteiger partial charge in [-0.25, -0.2) is 19.9 Å². The van der Waals surface area contributed by atoms with E-state index in [0.29, 0.717) is 12.0 Å². The van der Waals surface area contributed by atoms with Crippen LogP contribution in [0.15, 0.2) is 30.9 Å². The molecule has 3 aromatic rings. The van der Waals surface area contributed by atoms with E-state index < -0.39 is 0 Å². The molecular formula is C19H25N7O. The predicted molar refractivity (Wildman–Crippen MR) is 105 cm³/mol. The van der Waals surface area contributed by atoms with Gasteiger partial charge in [0.05, 0.1) is 23.7 Å². The Balaban J connectivity index is 1.60. The summed E-state index contributed by atoms with van der Waals surface area (Å²) < 4.78 is 1.99. The van der Waals surface area contributed by atoms with Crippen LogP contribution < -0.4 is 10.6 Å². The predicted octanol–water partition coefficient (Wildman–Crippen LogP) is 2.72. The van der Waals surface area contributed by atoms with Crippen LogP contribution in [0.5, 0.6) is 0 Å². The molecule has 0 atom stereocenters. The van der Waals surface area contributed by atoms with Crippen LogP contribution >= 0.6 is 0 Å². The average molecular weight is 367 g/mol. The first-order valence-electron chi connectivity index (χ1n) is 9.47. The first-order chi connectivity index (χ1) is 13.1. The number of anilines is 2. The van der Waals surface area contributed by atoms with Crippen molar-refractivity contribution in [3.05, 3.63) is 30.9 Å². The number of hydrogen-bond acceptors (Lipinski definition) is 7. The molecule has 0 saturated heterocycles. The van der Waals surface area contributed by atoms with Crippen molar-refractivity contribution in [1.82, 2.24) is 24.3 Å². The van der Waals surface area contributed by atoms with Crippen molar-refractivity contribution in [2.45, 2.75) is 57.7 Å². The maximum Gasteiger partial charge on any atom is 0.223 e. The number of imidazole rings is 1. The highest BCUT2D eigenvalue weighted by Crippen LogP contribution is 2.24. The van der Waals surface area contributed by atoms with Gasteiger partial charge in [-0.3, -0.25) is 4.40 Å². The lowest BCUT2D eigenvalue weighted by Crippen LogP contribution is -2.28. The number of aromatic nitrogens is 5. The van der Waals surface area contributed by atoms with Gasteiger partial charge in [0.25, 0.3) is 0 Å². The summed E-state index contributed by atoms with van der Waals surface area (Å²) in [5.74, 6) is 1.37. The lowest BCUT2D eigenvalue weighted by atomic mass is 9.93. The molecule has 1 saturated carbocycles. The first kappa shape index (κ1) is 17.7. The van der Waals surface area contributed by atoms with E-state index in [1.807, 2.05) is 22.9 Å². The van der Waals surface area contributed by atoms with Crippen LogP contribution in [-0.2, 0) is 0 Å². The molecule has 0 aromatic carbocycles. The summed E-state index contributed by atoms with van der Waals surface area (Å²) in [5, 5.41) is 16.4. The van der Waals surface area contributed by atoms with Crippen LogP contribution in [0.4, 0.5) is 11.8 Å². The molecule has 0 bridgehead atoms. The Labute approximate surface area is 158 Å². The van der Waals surface area contributed by atoms with Gasteiger partial charge in [0.15, 0.2) is 11.5 Å². The summed E-state index contributed by atoms with van der Waals surface area (Å²) >= 11 is 0. The van der Waals surface area contributed by atoms with Crippen molar-refractivity contribution < 1.29 is 5.11 Å². The number of nitrogens with zero attached hydrogens (tertiary/aromatic N) is 5. The number of aliphatic hydroxyl groups excluding tert-OH is 1. The van der Waals surface area contributed by atoms with Crippen LogP contribution in [0, 0.1) is 0 Å². The van der Waals surface area contributed by atoms with E-state index in [-0.39, 0.29) is 12.1 Å². The van der Waals surface area contributed by atoms with Crippen molar-refractivity contribution in [2.75, 3.05) is 10.6 Å². The van der Waals surface area contributed by atoms with Crippen LogP contribution in [-0.4, -0.2) is 47.6 Å². The standard InChI is InChI=1S/C19H25N7O/c1-12(2)23-17-18-22-11-16(26(18)10-9-20-17)15-7-8-21-19(25-15)24-13-3-5-14(27)6-4-13/h7-14,27H,3-6H2,1-2H3,(H,20,23)(H,21,24,25)/t13-,14-. The van der Waals surface area contributed by atoms with E-state index in [2.05, 4.69) is 44.4 Å². The fourth-order valence-electron chi connectivity index (χ4n) is 3.46. The third-order valence-electron chi connectivity index (χ3n) is 4.80. The zero-order valence-electron chi connectivity index (χ0n) is 15.6. The SMILES string of the molecule is CC(C)Nc1nccn2c(-c3ccnc(N[C@H]4CC[C@H](O)CC4)n3)cnc12. The second-order valence-corrected chi connectivity index (χ2v) is 7.33. The summed E-state index contributed by atoms with van der Waals surface area (Å²) in [7, 11) is 0. The van der Waals surface area contributed by atoms with Gasteiger partial charge in [-0.05, 0) is 45.6 Å². The fraction of sp³-hybridized carbons (Fsp3) is 0.474. The Morgan fingerprint density at radius 1 is 1.11 bits per heavy atom. The van der Waals surface area contributed by atoms with E-state index in [1.54, 1.807) is 12.4 Å². The third-order valence-corrected chi connectivity index (χ3v) is 4.80. The molecule has 0 unspecified atom stereocenters. The Kier molecular flexibility index (Phi) is 4.89. The molecular weight excluding hydrogens is 342 g/mol. The van der Waals surface area contributed by atoms with E-state index >= 15 is 0 Å². The van der Waals surface area contributed by atoms with Gasteiger partial charge in [0.2, 0.25) is 5.95 Å². The molecule has 3 aromatic heterocycles. The molecule has 3 heterocycles. The normalized spacial score (nSPS) is 20.1. The Morgan fingerprint density at radius 2 is 1.93 bits per heavy atom. The van der Waals surface area contributed by atoms with E-state index in [9.17, 15) is 5.11 Å². The highest BCUT2D eigenvalue weighted by molar-refractivity contribution is 5.69. The largest absolute Gasteiger partial charge is 0.393 e. The van der Waals surface area contributed by atoms with Crippen molar-refractivity contribution in [3.63, 3.8) is 0 Å². The lowest BCUT2D eigenvalue weighted by Gasteiger charge is -2.26. The molecule has 27 heavy (non-hydrogen) atoms. The number of rotatable bonds is 5. The number of fused-ring (bicyclic) bond motifs is 1.